The first kappa shape index (κ1) is 12.9. The second kappa shape index (κ2) is 5.46. The number of carbonyl (C=O) groups is 1. The molecule has 1 unspecified atom stereocenters. The number of rotatable bonds is 3. The van der Waals surface area contributed by atoms with Gasteiger partial charge in [-0.1, -0.05) is 12.1 Å². The maximum Gasteiger partial charge on any atom is 0.328 e. The van der Waals surface area contributed by atoms with Gasteiger partial charge in [-0.2, -0.15) is 5.10 Å². The van der Waals surface area contributed by atoms with Gasteiger partial charge in [-0.05, 0) is 37.0 Å². The third kappa shape index (κ3) is 2.58. The Bertz CT molecular complexity index is 654. The van der Waals surface area contributed by atoms with Gasteiger partial charge in [-0.3, -0.25) is 0 Å². The standard InChI is InChI=1S/C15H16N2O3/c18-15(19)7-5-11-4-6-12-10-16-17(13(12)9-11)14-3-1-2-8-20-14/h4-7,9-10,14H,1-3,8H2,(H,18,19)/b7-5+. The van der Waals surface area contributed by atoms with Crippen molar-refractivity contribution >= 4 is 22.9 Å². The van der Waals surface area contributed by atoms with Crippen LogP contribution in [0.4, 0.5) is 0 Å². The highest BCUT2D eigenvalue weighted by Crippen LogP contribution is 2.26. The molecule has 5 heteroatoms. The molecule has 1 N–H and O–H groups in total. The van der Waals surface area contributed by atoms with E-state index >= 15 is 0 Å². The smallest absolute Gasteiger partial charge is 0.328 e. The van der Waals surface area contributed by atoms with E-state index in [1.54, 1.807) is 6.08 Å². The summed E-state index contributed by atoms with van der Waals surface area (Å²) in [5, 5.41) is 14.1. The van der Waals surface area contributed by atoms with Crippen LogP contribution in [0.2, 0.25) is 0 Å². The molecule has 1 aliphatic heterocycles. The number of fused-ring (bicyclic) bond motifs is 1. The fraction of sp³-hybridized carbons (Fsp3) is 0.333. The largest absolute Gasteiger partial charge is 0.478 e. The molecule has 1 aliphatic rings. The summed E-state index contributed by atoms with van der Waals surface area (Å²) in [5.74, 6) is -0.950. The van der Waals surface area contributed by atoms with Crippen LogP contribution in [0, 0.1) is 0 Å². The molecule has 0 bridgehead atoms. The van der Waals surface area contributed by atoms with Gasteiger partial charge < -0.3 is 9.84 Å². The molecule has 1 aromatic carbocycles. The van der Waals surface area contributed by atoms with E-state index in [4.69, 9.17) is 9.84 Å². The zero-order chi connectivity index (χ0) is 13.9. The summed E-state index contributed by atoms with van der Waals surface area (Å²) >= 11 is 0. The molecule has 5 nitrogen and oxygen atoms in total. The van der Waals surface area contributed by atoms with Crippen LogP contribution >= 0.6 is 0 Å². The van der Waals surface area contributed by atoms with Crippen LogP contribution in [0.15, 0.2) is 30.5 Å². The summed E-state index contributed by atoms with van der Waals surface area (Å²) in [7, 11) is 0. The number of aromatic nitrogens is 2. The van der Waals surface area contributed by atoms with Crippen molar-refractivity contribution in [2.24, 2.45) is 0 Å². The summed E-state index contributed by atoms with van der Waals surface area (Å²) in [6.45, 7) is 0.768. The van der Waals surface area contributed by atoms with E-state index in [2.05, 4.69) is 5.10 Å². The van der Waals surface area contributed by atoms with Gasteiger partial charge in [-0.25, -0.2) is 9.48 Å². The molecule has 0 radical (unpaired) electrons. The molecule has 1 saturated heterocycles. The number of benzene rings is 1. The molecule has 0 saturated carbocycles. The van der Waals surface area contributed by atoms with E-state index < -0.39 is 5.97 Å². The number of aliphatic carboxylic acids is 1. The third-order valence-electron chi connectivity index (χ3n) is 3.47. The molecule has 0 amide bonds. The van der Waals surface area contributed by atoms with Gasteiger partial charge in [-0.15, -0.1) is 0 Å². The van der Waals surface area contributed by atoms with E-state index in [9.17, 15) is 4.79 Å². The lowest BCUT2D eigenvalue weighted by atomic mass is 10.1. The van der Waals surface area contributed by atoms with Crippen molar-refractivity contribution in [3.63, 3.8) is 0 Å². The molecule has 1 fully saturated rings. The maximum atomic E-state index is 10.6. The molecular weight excluding hydrogens is 256 g/mol. The molecule has 1 atom stereocenters. The average molecular weight is 272 g/mol. The van der Waals surface area contributed by atoms with E-state index in [1.807, 2.05) is 29.1 Å². The van der Waals surface area contributed by atoms with Crippen LogP contribution in [0.1, 0.15) is 31.1 Å². The van der Waals surface area contributed by atoms with Gasteiger partial charge in [0.2, 0.25) is 0 Å². The van der Waals surface area contributed by atoms with Crippen molar-refractivity contribution in [2.75, 3.05) is 6.61 Å². The minimum atomic E-state index is -0.950. The molecular formula is C15H16N2O3. The lowest BCUT2D eigenvalue weighted by Gasteiger charge is -2.23. The fourth-order valence-corrected chi connectivity index (χ4v) is 2.47. The highest BCUT2D eigenvalue weighted by atomic mass is 16.5. The van der Waals surface area contributed by atoms with Crippen molar-refractivity contribution < 1.29 is 14.6 Å². The van der Waals surface area contributed by atoms with Crippen molar-refractivity contribution in [3.8, 4) is 0 Å². The average Bonchev–Trinajstić information content (AvgIpc) is 2.89. The van der Waals surface area contributed by atoms with Crippen LogP contribution < -0.4 is 0 Å². The first-order chi connectivity index (χ1) is 9.74. The Labute approximate surface area is 116 Å². The van der Waals surface area contributed by atoms with E-state index in [1.165, 1.54) is 0 Å². The Kier molecular flexibility index (Phi) is 3.52. The van der Waals surface area contributed by atoms with Crippen LogP contribution in [-0.4, -0.2) is 27.5 Å². The normalized spacial score (nSPS) is 19.7. The van der Waals surface area contributed by atoms with Crippen molar-refractivity contribution in [1.29, 1.82) is 0 Å². The summed E-state index contributed by atoms with van der Waals surface area (Å²) in [6, 6.07) is 5.78. The fourth-order valence-electron chi connectivity index (χ4n) is 2.47. The number of ether oxygens (including phenoxy) is 1. The molecule has 3 rings (SSSR count). The first-order valence-corrected chi connectivity index (χ1v) is 6.74. The van der Waals surface area contributed by atoms with Gasteiger partial charge in [0.25, 0.3) is 0 Å². The molecule has 20 heavy (non-hydrogen) atoms. The first-order valence-electron chi connectivity index (χ1n) is 6.74. The van der Waals surface area contributed by atoms with Crippen LogP contribution in [0.25, 0.3) is 17.0 Å². The van der Waals surface area contributed by atoms with Crippen molar-refractivity contribution in [2.45, 2.75) is 25.5 Å². The zero-order valence-corrected chi connectivity index (χ0v) is 11.0. The minimum Gasteiger partial charge on any atom is -0.478 e. The Morgan fingerprint density at radius 3 is 3.10 bits per heavy atom. The second-order valence-corrected chi connectivity index (χ2v) is 4.90. The highest BCUT2D eigenvalue weighted by molar-refractivity contribution is 5.87. The van der Waals surface area contributed by atoms with Gasteiger partial charge >= 0.3 is 5.97 Å². The summed E-state index contributed by atoms with van der Waals surface area (Å²) < 4.78 is 7.65. The quantitative estimate of drug-likeness (QED) is 0.873. The summed E-state index contributed by atoms with van der Waals surface area (Å²) in [6.07, 6.45) is 7.73. The molecule has 1 aromatic heterocycles. The molecule has 0 spiro atoms. The highest BCUT2D eigenvalue weighted by Gasteiger charge is 2.18. The zero-order valence-electron chi connectivity index (χ0n) is 11.0. The number of nitrogens with zero attached hydrogens (tertiary/aromatic N) is 2. The monoisotopic (exact) mass is 272 g/mol. The van der Waals surface area contributed by atoms with Gasteiger partial charge in [0.15, 0.2) is 6.23 Å². The van der Waals surface area contributed by atoms with Crippen LogP contribution in [0.3, 0.4) is 0 Å². The van der Waals surface area contributed by atoms with E-state index in [-0.39, 0.29) is 6.23 Å². The third-order valence-corrected chi connectivity index (χ3v) is 3.47. The molecule has 2 aromatic rings. The predicted molar refractivity (Wildman–Crippen MR) is 75.2 cm³/mol. The van der Waals surface area contributed by atoms with E-state index in [0.717, 1.165) is 48.4 Å². The molecule has 2 heterocycles. The Hall–Kier alpha value is -2.14. The molecule has 0 aliphatic carbocycles. The van der Waals surface area contributed by atoms with Crippen molar-refractivity contribution in [1.82, 2.24) is 9.78 Å². The SMILES string of the molecule is O=C(O)/C=C/c1ccc2cnn(C3CCCCO3)c2c1. The Balaban J connectivity index is 1.96. The summed E-state index contributed by atoms with van der Waals surface area (Å²) in [4.78, 5) is 10.6. The lowest BCUT2D eigenvalue weighted by molar-refractivity contribution is -0.131. The Morgan fingerprint density at radius 1 is 1.45 bits per heavy atom. The molecule has 104 valence electrons. The number of hydrogen-bond acceptors (Lipinski definition) is 3. The number of carboxylic acids is 1. The van der Waals surface area contributed by atoms with Crippen LogP contribution in [0.5, 0.6) is 0 Å². The second-order valence-electron chi connectivity index (χ2n) is 4.90. The van der Waals surface area contributed by atoms with E-state index in [0.29, 0.717) is 0 Å². The van der Waals surface area contributed by atoms with Gasteiger partial charge in [0.05, 0.1) is 11.7 Å². The maximum absolute atomic E-state index is 10.6. The summed E-state index contributed by atoms with van der Waals surface area (Å²) in [5.41, 5.74) is 1.82. The number of hydrogen-bond donors (Lipinski definition) is 1. The lowest BCUT2D eigenvalue weighted by Crippen LogP contribution is -2.18. The number of carboxylic acid groups (broad SMARTS) is 1. The minimum absolute atomic E-state index is 0.0139. The van der Waals surface area contributed by atoms with Gasteiger partial charge in [0.1, 0.15) is 0 Å². The van der Waals surface area contributed by atoms with Crippen molar-refractivity contribution in [3.05, 3.63) is 36.0 Å². The predicted octanol–water partition coefficient (Wildman–Crippen LogP) is 2.83. The van der Waals surface area contributed by atoms with Crippen LogP contribution in [-0.2, 0) is 9.53 Å². The Morgan fingerprint density at radius 2 is 2.35 bits per heavy atom. The topological polar surface area (TPSA) is 64.3 Å². The van der Waals surface area contributed by atoms with Gasteiger partial charge in [0, 0.05) is 18.1 Å².